The fourth-order valence-electron chi connectivity index (χ4n) is 7.91. The number of ether oxygens (including phenoxy) is 3. The molecule has 0 aliphatic carbocycles. The lowest BCUT2D eigenvalue weighted by atomic mass is 9.87. The standard InChI is InChI=1S/C45H55N7O6S/c1-45(2,3)58-44(53)51-26-22-35(23-27-51)34-10-12-36(13-11-34)40-19-14-37(28-31-20-24-46-25-21-31)42(59(54,55)47-29-32-6-15-38(56-4)16-7-32)41(40)43-48-50-52(49-43)30-33-8-17-39(57-5)18-9-33/h6-19,31,35,46-47H,20-30H2,1-5H3. The number of rotatable bonds is 13. The lowest BCUT2D eigenvalue weighted by Crippen LogP contribution is -2.41. The average Bonchev–Trinajstić information content (AvgIpc) is 3.71. The summed E-state index contributed by atoms with van der Waals surface area (Å²) in [6, 6.07) is 27.3. The van der Waals surface area contributed by atoms with E-state index in [1.807, 2.05) is 93.6 Å². The fraction of sp³-hybridized carbons (Fsp3) is 0.422. The van der Waals surface area contributed by atoms with E-state index in [2.05, 4.69) is 32.5 Å². The Morgan fingerprint density at radius 2 is 1.46 bits per heavy atom. The molecule has 312 valence electrons. The largest absolute Gasteiger partial charge is 0.497 e. The van der Waals surface area contributed by atoms with E-state index in [1.54, 1.807) is 19.1 Å². The van der Waals surface area contributed by atoms with E-state index in [0.29, 0.717) is 48.8 Å². The van der Waals surface area contributed by atoms with E-state index < -0.39 is 15.6 Å². The molecule has 7 rings (SSSR count). The van der Waals surface area contributed by atoms with Crippen molar-refractivity contribution in [3.63, 3.8) is 0 Å². The van der Waals surface area contributed by atoms with E-state index in [9.17, 15) is 13.2 Å². The molecule has 2 N–H and O–H groups in total. The molecule has 2 saturated heterocycles. The number of methoxy groups -OCH3 is 2. The van der Waals surface area contributed by atoms with Gasteiger partial charge in [-0.2, -0.15) is 4.80 Å². The molecule has 2 fully saturated rings. The zero-order valence-electron chi connectivity index (χ0n) is 34.6. The highest BCUT2D eigenvalue weighted by Gasteiger charge is 2.31. The third kappa shape index (κ3) is 10.5. The zero-order chi connectivity index (χ0) is 41.6. The summed E-state index contributed by atoms with van der Waals surface area (Å²) in [5.74, 6) is 2.24. The Morgan fingerprint density at radius 3 is 2.07 bits per heavy atom. The number of likely N-dealkylation sites (tertiary alicyclic amines) is 1. The van der Waals surface area contributed by atoms with Crippen LogP contribution < -0.4 is 19.5 Å². The number of hydrogen-bond acceptors (Lipinski definition) is 10. The molecule has 4 aromatic carbocycles. The van der Waals surface area contributed by atoms with Crippen LogP contribution in [-0.4, -0.2) is 85.6 Å². The summed E-state index contributed by atoms with van der Waals surface area (Å²) in [6.45, 7) is 9.07. The molecule has 5 aromatic rings. The van der Waals surface area contributed by atoms with E-state index in [4.69, 9.17) is 19.3 Å². The molecule has 1 aromatic heterocycles. The molecule has 0 unspecified atom stereocenters. The van der Waals surface area contributed by atoms with Crippen molar-refractivity contribution in [3.8, 4) is 34.0 Å². The molecule has 0 atom stereocenters. The Bertz CT molecular complexity index is 2290. The van der Waals surface area contributed by atoms with Crippen LogP contribution in [0.1, 0.15) is 74.6 Å². The quantitative estimate of drug-likeness (QED) is 0.125. The van der Waals surface area contributed by atoms with Crippen molar-refractivity contribution < 1.29 is 27.4 Å². The van der Waals surface area contributed by atoms with Crippen LogP contribution in [0.15, 0.2) is 89.8 Å². The van der Waals surface area contributed by atoms with Crippen LogP contribution in [0.5, 0.6) is 11.5 Å². The number of carbonyl (C=O) groups is 1. The summed E-state index contributed by atoms with van der Waals surface area (Å²) in [6.07, 6.45) is 3.85. The second-order valence-corrected chi connectivity index (χ2v) is 18.1. The normalized spacial score (nSPS) is 15.6. The molecule has 0 saturated carbocycles. The maximum atomic E-state index is 14.9. The molecule has 2 aliphatic heterocycles. The van der Waals surface area contributed by atoms with Crippen LogP contribution in [0, 0.1) is 5.92 Å². The van der Waals surface area contributed by atoms with Gasteiger partial charge in [0.25, 0.3) is 0 Å². The van der Waals surface area contributed by atoms with Crippen molar-refractivity contribution in [2.24, 2.45) is 5.92 Å². The van der Waals surface area contributed by atoms with Crippen molar-refractivity contribution in [1.29, 1.82) is 0 Å². The fourth-order valence-corrected chi connectivity index (χ4v) is 9.38. The maximum Gasteiger partial charge on any atom is 0.410 e. The average molecular weight is 822 g/mol. The Morgan fingerprint density at radius 1 is 0.831 bits per heavy atom. The molecule has 0 bridgehead atoms. The maximum absolute atomic E-state index is 14.9. The van der Waals surface area contributed by atoms with E-state index in [1.165, 1.54) is 10.4 Å². The van der Waals surface area contributed by atoms with E-state index >= 15 is 0 Å². The monoisotopic (exact) mass is 821 g/mol. The predicted octanol–water partition coefficient (Wildman–Crippen LogP) is 7.21. The summed E-state index contributed by atoms with van der Waals surface area (Å²) < 4.78 is 48.9. The summed E-state index contributed by atoms with van der Waals surface area (Å²) in [7, 11) is -0.918. The van der Waals surface area contributed by atoms with Gasteiger partial charge in [-0.05, 0) is 141 Å². The highest BCUT2D eigenvalue weighted by Crippen LogP contribution is 2.40. The van der Waals surface area contributed by atoms with Crippen LogP contribution in [0.25, 0.3) is 22.5 Å². The van der Waals surface area contributed by atoms with Crippen molar-refractivity contribution in [2.75, 3.05) is 40.4 Å². The number of tetrazole rings is 1. The van der Waals surface area contributed by atoms with Gasteiger partial charge in [-0.15, -0.1) is 10.2 Å². The minimum Gasteiger partial charge on any atom is -0.497 e. The number of nitrogens with zero attached hydrogens (tertiary/aromatic N) is 5. The Hall–Kier alpha value is -5.31. The highest BCUT2D eigenvalue weighted by atomic mass is 32.2. The van der Waals surface area contributed by atoms with Crippen molar-refractivity contribution in [2.45, 2.75) is 82.4 Å². The molecule has 14 heteroatoms. The molecular weight excluding hydrogens is 767 g/mol. The van der Waals surface area contributed by atoms with Gasteiger partial charge in [-0.25, -0.2) is 17.9 Å². The smallest absolute Gasteiger partial charge is 0.410 e. The van der Waals surface area contributed by atoms with E-state index in [0.717, 1.165) is 66.8 Å². The molecule has 2 aliphatic rings. The third-order valence-corrected chi connectivity index (χ3v) is 12.6. The zero-order valence-corrected chi connectivity index (χ0v) is 35.4. The first kappa shape index (κ1) is 41.8. The van der Waals surface area contributed by atoms with Gasteiger partial charge in [0.05, 0.1) is 31.2 Å². The number of carbonyl (C=O) groups excluding carboxylic acids is 1. The first-order chi connectivity index (χ1) is 28.4. The molecule has 13 nitrogen and oxygen atoms in total. The molecule has 59 heavy (non-hydrogen) atoms. The van der Waals surface area contributed by atoms with Gasteiger partial charge >= 0.3 is 6.09 Å². The minimum absolute atomic E-state index is 0.0851. The first-order valence-electron chi connectivity index (χ1n) is 20.4. The third-order valence-electron chi connectivity index (χ3n) is 11.1. The van der Waals surface area contributed by atoms with Gasteiger partial charge in [0.2, 0.25) is 15.8 Å². The SMILES string of the molecule is COc1ccc(CNS(=O)(=O)c2c(CC3CCNCC3)ccc(-c3ccc(C4CCN(C(=O)OC(C)(C)C)CC4)cc3)c2-c2nnn(Cc3ccc(OC)cc3)n2)cc1. The number of hydrogen-bond donors (Lipinski definition) is 2. The lowest BCUT2D eigenvalue weighted by molar-refractivity contribution is 0.0204. The van der Waals surface area contributed by atoms with Gasteiger partial charge in [0, 0.05) is 19.6 Å². The molecule has 1 amide bonds. The molecule has 0 radical (unpaired) electrons. The van der Waals surface area contributed by atoms with Crippen molar-refractivity contribution >= 4 is 16.1 Å². The van der Waals surface area contributed by atoms with Gasteiger partial charge < -0.3 is 24.4 Å². The summed E-state index contributed by atoms with van der Waals surface area (Å²) in [5.41, 5.74) is 5.02. The van der Waals surface area contributed by atoms with Gasteiger partial charge in [0.15, 0.2) is 0 Å². The topological polar surface area (TPSA) is 150 Å². The Labute approximate surface area is 347 Å². The highest BCUT2D eigenvalue weighted by molar-refractivity contribution is 7.89. The van der Waals surface area contributed by atoms with Crippen LogP contribution >= 0.6 is 0 Å². The van der Waals surface area contributed by atoms with Crippen LogP contribution in [-0.2, 0) is 34.3 Å². The number of nitrogens with one attached hydrogen (secondary N) is 2. The van der Waals surface area contributed by atoms with Gasteiger partial charge in [-0.1, -0.05) is 60.7 Å². The van der Waals surface area contributed by atoms with Gasteiger partial charge in [0.1, 0.15) is 17.1 Å². The minimum atomic E-state index is -4.14. The second kappa shape index (κ2) is 18.3. The van der Waals surface area contributed by atoms with Crippen molar-refractivity contribution in [1.82, 2.24) is 35.1 Å². The Balaban J connectivity index is 1.26. The number of sulfonamides is 1. The van der Waals surface area contributed by atoms with Crippen LogP contribution in [0.4, 0.5) is 4.79 Å². The molecular formula is C45H55N7O6S. The summed E-state index contributed by atoms with van der Waals surface area (Å²) in [4.78, 5) is 16.2. The van der Waals surface area contributed by atoms with Gasteiger partial charge in [-0.3, -0.25) is 0 Å². The number of aromatic nitrogens is 4. The number of piperidine rings is 2. The van der Waals surface area contributed by atoms with Crippen molar-refractivity contribution in [3.05, 3.63) is 107 Å². The Kier molecular flexibility index (Phi) is 13.0. The number of benzene rings is 4. The lowest BCUT2D eigenvalue weighted by Gasteiger charge is -2.33. The molecule has 0 spiro atoms. The van der Waals surface area contributed by atoms with E-state index in [-0.39, 0.29) is 29.3 Å². The van der Waals surface area contributed by atoms with Crippen LogP contribution in [0.3, 0.4) is 0 Å². The molecule has 3 heterocycles. The first-order valence-corrected chi connectivity index (χ1v) is 21.9. The van der Waals surface area contributed by atoms with Crippen LogP contribution in [0.2, 0.25) is 0 Å². The second-order valence-electron chi connectivity index (χ2n) is 16.4. The summed E-state index contributed by atoms with van der Waals surface area (Å²) >= 11 is 0. The number of amides is 1. The summed E-state index contributed by atoms with van der Waals surface area (Å²) in [5, 5.41) is 17.2. The predicted molar refractivity (Wildman–Crippen MR) is 227 cm³/mol.